The Bertz CT molecular complexity index is 270. The molecule has 14 heavy (non-hydrogen) atoms. The highest BCUT2D eigenvalue weighted by Crippen LogP contribution is 2.21. The van der Waals surface area contributed by atoms with Crippen LogP contribution in [0.2, 0.25) is 0 Å². The lowest BCUT2D eigenvalue weighted by Gasteiger charge is -2.01. The molecule has 0 atom stereocenters. The van der Waals surface area contributed by atoms with Crippen molar-refractivity contribution >= 4 is 27.3 Å². The van der Waals surface area contributed by atoms with Crippen LogP contribution in [0.4, 0.5) is 0 Å². The zero-order valence-corrected chi connectivity index (χ0v) is 10.7. The van der Waals surface area contributed by atoms with E-state index in [1.165, 1.54) is 15.1 Å². The molecule has 0 aliphatic carbocycles. The largest absolute Gasteiger partial charge is 0.316 e. The van der Waals surface area contributed by atoms with E-state index in [9.17, 15) is 0 Å². The van der Waals surface area contributed by atoms with E-state index < -0.39 is 0 Å². The van der Waals surface area contributed by atoms with Crippen molar-refractivity contribution in [3.05, 3.63) is 33.5 Å². The van der Waals surface area contributed by atoms with Gasteiger partial charge in [-0.15, -0.1) is 17.9 Å². The average molecular weight is 274 g/mol. The predicted octanol–water partition coefficient (Wildman–Crippen LogP) is 3.61. The van der Waals surface area contributed by atoms with E-state index in [-0.39, 0.29) is 0 Å². The van der Waals surface area contributed by atoms with Gasteiger partial charge in [0.05, 0.1) is 3.79 Å². The van der Waals surface area contributed by atoms with Gasteiger partial charge in [-0.25, -0.2) is 0 Å². The van der Waals surface area contributed by atoms with Gasteiger partial charge < -0.3 is 5.32 Å². The van der Waals surface area contributed by atoms with Crippen molar-refractivity contribution in [3.8, 4) is 0 Å². The number of allylic oxidation sites excluding steroid dienone is 1. The Kier molecular flexibility index (Phi) is 6.15. The molecule has 0 bridgehead atoms. The summed E-state index contributed by atoms with van der Waals surface area (Å²) in [6.07, 6.45) is 5.40. The molecule has 1 aromatic rings. The average Bonchev–Trinajstić information content (AvgIpc) is 2.58. The third kappa shape index (κ3) is 4.94. The first-order valence-electron chi connectivity index (χ1n) is 4.89. The number of unbranched alkanes of at least 4 members (excludes halogenated alkanes) is 1. The molecule has 0 saturated heterocycles. The van der Waals surface area contributed by atoms with Gasteiger partial charge in [-0.1, -0.05) is 6.08 Å². The van der Waals surface area contributed by atoms with E-state index in [1.807, 2.05) is 17.4 Å². The molecule has 0 amide bonds. The first-order valence-corrected chi connectivity index (χ1v) is 6.49. The van der Waals surface area contributed by atoms with Crippen molar-refractivity contribution in [2.75, 3.05) is 13.1 Å². The van der Waals surface area contributed by atoms with Gasteiger partial charge in [0.1, 0.15) is 0 Å². The molecule has 1 rings (SSSR count). The summed E-state index contributed by atoms with van der Waals surface area (Å²) >= 11 is 5.28. The third-order valence-corrected chi connectivity index (χ3v) is 3.62. The predicted molar refractivity (Wildman–Crippen MR) is 68.0 cm³/mol. The van der Waals surface area contributed by atoms with E-state index in [0.29, 0.717) is 0 Å². The molecule has 0 radical (unpaired) electrons. The summed E-state index contributed by atoms with van der Waals surface area (Å²) in [7, 11) is 0. The molecule has 1 heterocycles. The summed E-state index contributed by atoms with van der Waals surface area (Å²) in [5, 5.41) is 3.42. The Hall–Kier alpha value is -0.120. The molecule has 0 saturated carbocycles. The molecular formula is C11H16BrNS. The Morgan fingerprint density at radius 2 is 2.29 bits per heavy atom. The summed E-state index contributed by atoms with van der Waals surface area (Å²) in [4.78, 5) is 1.44. The van der Waals surface area contributed by atoms with Crippen molar-refractivity contribution in [1.82, 2.24) is 5.32 Å². The van der Waals surface area contributed by atoms with Crippen LogP contribution in [-0.2, 0) is 6.42 Å². The van der Waals surface area contributed by atoms with Crippen molar-refractivity contribution in [3.63, 3.8) is 0 Å². The van der Waals surface area contributed by atoms with Crippen LogP contribution in [-0.4, -0.2) is 13.1 Å². The second-order valence-corrected chi connectivity index (χ2v) is 5.68. The SMILES string of the molecule is C=CCCCNCCc1ccc(Br)s1. The van der Waals surface area contributed by atoms with Crippen LogP contribution < -0.4 is 5.32 Å². The summed E-state index contributed by atoms with van der Waals surface area (Å²) < 4.78 is 1.22. The maximum atomic E-state index is 3.70. The smallest absolute Gasteiger partial charge is 0.0701 e. The van der Waals surface area contributed by atoms with Gasteiger partial charge in [0.2, 0.25) is 0 Å². The molecule has 1 aromatic heterocycles. The van der Waals surface area contributed by atoms with Gasteiger partial charge in [0.25, 0.3) is 0 Å². The van der Waals surface area contributed by atoms with Gasteiger partial charge in [-0.05, 0) is 60.4 Å². The first-order chi connectivity index (χ1) is 6.83. The fourth-order valence-electron chi connectivity index (χ4n) is 1.19. The molecule has 3 heteroatoms. The highest BCUT2D eigenvalue weighted by atomic mass is 79.9. The third-order valence-electron chi connectivity index (χ3n) is 1.94. The highest BCUT2D eigenvalue weighted by molar-refractivity contribution is 9.11. The fraction of sp³-hybridized carbons (Fsp3) is 0.455. The van der Waals surface area contributed by atoms with E-state index >= 15 is 0 Å². The first kappa shape index (κ1) is 12.0. The van der Waals surface area contributed by atoms with Gasteiger partial charge in [-0.3, -0.25) is 0 Å². The minimum atomic E-state index is 1.07. The van der Waals surface area contributed by atoms with Crippen LogP contribution in [0.15, 0.2) is 28.6 Å². The number of halogens is 1. The van der Waals surface area contributed by atoms with Gasteiger partial charge in [-0.2, -0.15) is 0 Å². The second-order valence-electron chi connectivity index (χ2n) is 3.14. The number of hydrogen-bond acceptors (Lipinski definition) is 2. The minimum Gasteiger partial charge on any atom is -0.316 e. The monoisotopic (exact) mass is 273 g/mol. The van der Waals surface area contributed by atoms with E-state index in [4.69, 9.17) is 0 Å². The Morgan fingerprint density at radius 3 is 2.93 bits per heavy atom. The maximum absolute atomic E-state index is 3.70. The lowest BCUT2D eigenvalue weighted by Crippen LogP contribution is -2.17. The fourth-order valence-corrected chi connectivity index (χ4v) is 2.68. The van der Waals surface area contributed by atoms with Crippen LogP contribution >= 0.6 is 27.3 Å². The van der Waals surface area contributed by atoms with Crippen molar-refractivity contribution in [1.29, 1.82) is 0 Å². The summed E-state index contributed by atoms with van der Waals surface area (Å²) in [5.41, 5.74) is 0. The highest BCUT2D eigenvalue weighted by Gasteiger charge is 1.96. The number of thiophene rings is 1. The molecule has 0 spiro atoms. The van der Waals surface area contributed by atoms with Crippen molar-refractivity contribution < 1.29 is 0 Å². The lowest BCUT2D eigenvalue weighted by atomic mass is 10.3. The molecular weight excluding hydrogens is 258 g/mol. The van der Waals surface area contributed by atoms with Crippen molar-refractivity contribution in [2.45, 2.75) is 19.3 Å². The molecule has 1 N–H and O–H groups in total. The Balaban J connectivity index is 2.01. The normalized spacial score (nSPS) is 10.4. The zero-order valence-electron chi connectivity index (χ0n) is 8.26. The van der Waals surface area contributed by atoms with Crippen LogP contribution in [0.5, 0.6) is 0 Å². The van der Waals surface area contributed by atoms with Gasteiger partial charge in [0, 0.05) is 4.88 Å². The molecule has 1 nitrogen and oxygen atoms in total. The van der Waals surface area contributed by atoms with E-state index in [2.05, 4.69) is 40.0 Å². The van der Waals surface area contributed by atoms with Crippen LogP contribution in [0.25, 0.3) is 0 Å². The molecule has 0 fully saturated rings. The van der Waals surface area contributed by atoms with Gasteiger partial charge >= 0.3 is 0 Å². The molecule has 0 aliphatic heterocycles. The van der Waals surface area contributed by atoms with E-state index in [1.54, 1.807) is 0 Å². The quantitative estimate of drug-likeness (QED) is 0.591. The lowest BCUT2D eigenvalue weighted by molar-refractivity contribution is 0.655. The van der Waals surface area contributed by atoms with Crippen LogP contribution in [0, 0.1) is 0 Å². The standard InChI is InChI=1S/C11H16BrNS/c1-2-3-4-8-13-9-7-10-5-6-11(12)14-10/h2,5-6,13H,1,3-4,7-9H2. The van der Waals surface area contributed by atoms with Gasteiger partial charge in [0.15, 0.2) is 0 Å². The van der Waals surface area contributed by atoms with E-state index in [0.717, 1.165) is 25.9 Å². The van der Waals surface area contributed by atoms with Crippen molar-refractivity contribution in [2.24, 2.45) is 0 Å². The number of rotatable bonds is 7. The zero-order chi connectivity index (χ0) is 10.2. The molecule has 78 valence electrons. The Morgan fingerprint density at radius 1 is 1.43 bits per heavy atom. The molecule has 0 aliphatic rings. The second kappa shape index (κ2) is 7.21. The number of hydrogen-bond donors (Lipinski definition) is 1. The van der Waals surface area contributed by atoms with Crippen LogP contribution in [0.1, 0.15) is 17.7 Å². The topological polar surface area (TPSA) is 12.0 Å². The minimum absolute atomic E-state index is 1.07. The summed E-state index contributed by atoms with van der Waals surface area (Å²) in [6, 6.07) is 4.29. The molecule has 0 unspecified atom stereocenters. The molecule has 0 aromatic carbocycles. The maximum Gasteiger partial charge on any atom is 0.0701 e. The van der Waals surface area contributed by atoms with Crippen LogP contribution in [0.3, 0.4) is 0 Å². The number of nitrogens with one attached hydrogen (secondary N) is 1. The Labute approximate surface area is 98.4 Å². The summed E-state index contributed by atoms with van der Waals surface area (Å²) in [5.74, 6) is 0. The summed E-state index contributed by atoms with van der Waals surface area (Å²) in [6.45, 7) is 5.87.